The Morgan fingerprint density at radius 2 is 1.88 bits per heavy atom. The number of anilines is 1. The third-order valence-corrected chi connectivity index (χ3v) is 7.43. The number of amides is 2. The fraction of sp³-hybridized carbons (Fsp3) is 0.417. The van der Waals surface area contributed by atoms with Gasteiger partial charge in [-0.1, -0.05) is 50.6 Å². The Hall–Kier alpha value is -2.42. The van der Waals surface area contributed by atoms with E-state index in [1.54, 1.807) is 42.2 Å². The number of hydrogen-bond donors (Lipinski definition) is 2. The van der Waals surface area contributed by atoms with Crippen molar-refractivity contribution in [1.82, 2.24) is 10.0 Å². The molecule has 2 aromatic rings. The number of carbonyl (C=O) groups is 2. The van der Waals surface area contributed by atoms with Crippen LogP contribution in [-0.2, 0) is 32.6 Å². The van der Waals surface area contributed by atoms with E-state index < -0.39 is 22.0 Å². The van der Waals surface area contributed by atoms with Crippen molar-refractivity contribution in [2.75, 3.05) is 11.4 Å². The SMILES string of the molecule is CCC(=O)N1CCc2cc(S(=O)(=O)N[C@@H](CC(C)C)C(=O)NCc3ccccc3Cl)ccc21. The summed E-state index contributed by atoms with van der Waals surface area (Å²) in [6, 6.07) is 11.0. The smallest absolute Gasteiger partial charge is 0.241 e. The van der Waals surface area contributed by atoms with Crippen LogP contribution in [0.2, 0.25) is 5.02 Å². The van der Waals surface area contributed by atoms with Crippen molar-refractivity contribution in [3.8, 4) is 0 Å². The highest BCUT2D eigenvalue weighted by molar-refractivity contribution is 7.89. The molecule has 1 aliphatic heterocycles. The molecule has 2 aromatic carbocycles. The summed E-state index contributed by atoms with van der Waals surface area (Å²) in [6.45, 7) is 6.40. The zero-order chi connectivity index (χ0) is 24.2. The first kappa shape index (κ1) is 25.2. The van der Waals surface area contributed by atoms with Gasteiger partial charge in [0.2, 0.25) is 21.8 Å². The van der Waals surface area contributed by atoms with E-state index >= 15 is 0 Å². The average molecular weight is 492 g/mol. The number of fused-ring (bicyclic) bond motifs is 1. The molecular formula is C24H30ClN3O4S. The Morgan fingerprint density at radius 3 is 2.55 bits per heavy atom. The number of nitrogens with zero attached hydrogens (tertiary/aromatic N) is 1. The van der Waals surface area contributed by atoms with Gasteiger partial charge in [0, 0.05) is 30.2 Å². The van der Waals surface area contributed by atoms with Gasteiger partial charge in [0.05, 0.1) is 4.90 Å². The Labute approximate surface area is 200 Å². The van der Waals surface area contributed by atoms with Crippen LogP contribution in [0.3, 0.4) is 0 Å². The van der Waals surface area contributed by atoms with Crippen LogP contribution in [0.5, 0.6) is 0 Å². The second-order valence-electron chi connectivity index (χ2n) is 8.55. The minimum Gasteiger partial charge on any atom is -0.351 e. The molecule has 1 aliphatic rings. The van der Waals surface area contributed by atoms with Crippen LogP contribution in [-0.4, -0.2) is 32.8 Å². The second-order valence-corrected chi connectivity index (χ2v) is 10.7. The largest absolute Gasteiger partial charge is 0.351 e. The molecule has 0 spiro atoms. The molecule has 1 atom stereocenters. The van der Waals surface area contributed by atoms with Gasteiger partial charge in [-0.05, 0) is 54.2 Å². The van der Waals surface area contributed by atoms with E-state index in [9.17, 15) is 18.0 Å². The van der Waals surface area contributed by atoms with Crippen molar-refractivity contribution < 1.29 is 18.0 Å². The molecule has 0 bridgehead atoms. The summed E-state index contributed by atoms with van der Waals surface area (Å²) in [7, 11) is -3.95. The lowest BCUT2D eigenvalue weighted by Crippen LogP contribution is -2.47. The Bertz CT molecular complexity index is 1130. The first-order valence-electron chi connectivity index (χ1n) is 11.1. The summed E-state index contributed by atoms with van der Waals surface area (Å²) in [5, 5.41) is 3.33. The highest BCUT2D eigenvalue weighted by atomic mass is 35.5. The predicted octanol–water partition coefficient (Wildman–Crippen LogP) is 3.65. The molecule has 2 amide bonds. The third-order valence-electron chi connectivity index (χ3n) is 5.59. The second kappa shape index (κ2) is 10.7. The van der Waals surface area contributed by atoms with Gasteiger partial charge in [0.1, 0.15) is 6.04 Å². The van der Waals surface area contributed by atoms with E-state index in [1.165, 1.54) is 6.07 Å². The number of nitrogens with one attached hydrogen (secondary N) is 2. The molecule has 33 heavy (non-hydrogen) atoms. The highest BCUT2D eigenvalue weighted by Crippen LogP contribution is 2.30. The molecule has 0 aliphatic carbocycles. The molecule has 7 nitrogen and oxygen atoms in total. The molecular weight excluding hydrogens is 462 g/mol. The molecule has 0 unspecified atom stereocenters. The minimum atomic E-state index is -3.95. The highest BCUT2D eigenvalue weighted by Gasteiger charge is 2.29. The van der Waals surface area contributed by atoms with Gasteiger partial charge >= 0.3 is 0 Å². The first-order valence-corrected chi connectivity index (χ1v) is 12.9. The minimum absolute atomic E-state index is 0.00895. The van der Waals surface area contributed by atoms with E-state index in [0.717, 1.165) is 16.8 Å². The van der Waals surface area contributed by atoms with Crippen LogP contribution in [0.1, 0.15) is 44.7 Å². The van der Waals surface area contributed by atoms with Crippen molar-refractivity contribution >= 4 is 39.1 Å². The van der Waals surface area contributed by atoms with Crippen LogP contribution in [0.4, 0.5) is 5.69 Å². The van der Waals surface area contributed by atoms with Crippen molar-refractivity contribution in [2.24, 2.45) is 5.92 Å². The summed E-state index contributed by atoms with van der Waals surface area (Å²) < 4.78 is 28.8. The van der Waals surface area contributed by atoms with E-state index in [4.69, 9.17) is 11.6 Å². The molecule has 0 saturated carbocycles. The van der Waals surface area contributed by atoms with Crippen LogP contribution >= 0.6 is 11.6 Å². The van der Waals surface area contributed by atoms with Crippen molar-refractivity contribution in [3.63, 3.8) is 0 Å². The lowest BCUT2D eigenvalue weighted by Gasteiger charge is -2.21. The average Bonchev–Trinajstić information content (AvgIpc) is 3.20. The fourth-order valence-electron chi connectivity index (χ4n) is 3.88. The quantitative estimate of drug-likeness (QED) is 0.559. The zero-order valence-corrected chi connectivity index (χ0v) is 20.7. The van der Waals surface area contributed by atoms with Crippen molar-refractivity contribution in [1.29, 1.82) is 0 Å². The zero-order valence-electron chi connectivity index (χ0n) is 19.1. The maximum absolute atomic E-state index is 13.1. The topological polar surface area (TPSA) is 95.6 Å². The number of carbonyl (C=O) groups excluding carboxylic acids is 2. The number of halogens is 1. The molecule has 1 heterocycles. The first-order chi connectivity index (χ1) is 15.6. The summed E-state index contributed by atoms with van der Waals surface area (Å²) in [5.74, 6) is -0.305. The molecule has 0 radical (unpaired) electrons. The van der Waals surface area contributed by atoms with E-state index in [2.05, 4.69) is 10.0 Å². The lowest BCUT2D eigenvalue weighted by atomic mass is 10.0. The monoisotopic (exact) mass is 491 g/mol. The normalized spacial score (nSPS) is 14.3. The maximum Gasteiger partial charge on any atom is 0.241 e. The van der Waals surface area contributed by atoms with Gasteiger partial charge in [0.25, 0.3) is 0 Å². The van der Waals surface area contributed by atoms with Gasteiger partial charge in [-0.3, -0.25) is 9.59 Å². The van der Waals surface area contributed by atoms with Gasteiger partial charge in [-0.15, -0.1) is 0 Å². The Balaban J connectivity index is 1.76. The molecule has 3 rings (SSSR count). The van der Waals surface area contributed by atoms with Gasteiger partial charge in [-0.25, -0.2) is 8.42 Å². The van der Waals surface area contributed by atoms with Crippen molar-refractivity contribution in [3.05, 3.63) is 58.6 Å². The standard InChI is InChI=1S/C24H30ClN3O4S/c1-4-23(29)28-12-11-17-14-19(9-10-22(17)28)33(31,32)27-21(13-16(2)3)24(30)26-15-18-7-5-6-8-20(18)25/h5-10,14,16,21,27H,4,11-13,15H2,1-3H3,(H,26,30)/t21-/m0/s1. The maximum atomic E-state index is 13.1. The summed E-state index contributed by atoms with van der Waals surface area (Å²) in [5.41, 5.74) is 2.31. The number of hydrogen-bond acceptors (Lipinski definition) is 4. The molecule has 0 fully saturated rings. The molecule has 0 aromatic heterocycles. The van der Waals surface area contributed by atoms with Crippen LogP contribution < -0.4 is 14.9 Å². The molecule has 178 valence electrons. The van der Waals surface area contributed by atoms with E-state index in [1.807, 2.05) is 19.9 Å². The Morgan fingerprint density at radius 1 is 1.15 bits per heavy atom. The molecule has 0 saturated heterocycles. The Kier molecular flexibility index (Phi) is 8.15. The van der Waals surface area contributed by atoms with E-state index in [0.29, 0.717) is 30.8 Å². The molecule has 2 N–H and O–H groups in total. The van der Waals surface area contributed by atoms with Crippen molar-refractivity contribution in [2.45, 2.75) is 57.5 Å². The van der Waals surface area contributed by atoms with Gasteiger partial charge < -0.3 is 10.2 Å². The number of rotatable bonds is 9. The molecule has 9 heteroatoms. The van der Waals surface area contributed by atoms with E-state index in [-0.39, 0.29) is 23.3 Å². The summed E-state index contributed by atoms with van der Waals surface area (Å²) >= 11 is 6.16. The van der Waals surface area contributed by atoms with Gasteiger partial charge in [-0.2, -0.15) is 4.72 Å². The van der Waals surface area contributed by atoms with Crippen LogP contribution in [0.15, 0.2) is 47.4 Å². The summed E-state index contributed by atoms with van der Waals surface area (Å²) in [6.07, 6.45) is 1.33. The summed E-state index contributed by atoms with van der Waals surface area (Å²) in [4.78, 5) is 26.8. The lowest BCUT2D eigenvalue weighted by molar-refractivity contribution is -0.123. The van der Waals surface area contributed by atoms with Crippen LogP contribution in [0, 0.1) is 5.92 Å². The predicted molar refractivity (Wildman–Crippen MR) is 130 cm³/mol. The van der Waals surface area contributed by atoms with Gasteiger partial charge in [0.15, 0.2) is 0 Å². The fourth-order valence-corrected chi connectivity index (χ4v) is 5.34. The van der Waals surface area contributed by atoms with Crippen LogP contribution in [0.25, 0.3) is 0 Å². The number of benzene rings is 2. The third kappa shape index (κ3) is 6.13. The number of sulfonamides is 1.